The Balaban J connectivity index is 4.09. The third kappa shape index (κ3) is 13.2. The van der Waals surface area contributed by atoms with Crippen molar-refractivity contribution in [2.75, 3.05) is 39.5 Å². The summed E-state index contributed by atoms with van der Waals surface area (Å²) in [5.41, 5.74) is 10.6. The fourth-order valence-electron chi connectivity index (χ4n) is 1.89. The number of carbonyl (C=O) groups excluding carboxylic acids is 3. The molecule has 0 heterocycles. The van der Waals surface area contributed by atoms with E-state index in [1.165, 1.54) is 0 Å². The lowest BCUT2D eigenvalue weighted by atomic mass is 10.1. The Morgan fingerprint density at radius 1 is 0.885 bits per heavy atom. The molecule has 26 heavy (non-hydrogen) atoms. The Labute approximate surface area is 154 Å². The van der Waals surface area contributed by atoms with Crippen molar-refractivity contribution >= 4 is 18.2 Å². The molecule has 0 aromatic carbocycles. The number of nitrogens with two attached hydrogens (primary N) is 2. The number of hydrogen-bond acceptors (Lipinski definition) is 8. The fraction of sp³-hybridized carbons (Fsp3) is 0.812. The molecule has 1 unspecified atom stereocenters. The van der Waals surface area contributed by atoms with E-state index in [2.05, 4.69) is 10.6 Å². The van der Waals surface area contributed by atoms with Crippen LogP contribution in [-0.4, -0.2) is 63.7 Å². The van der Waals surface area contributed by atoms with Crippen LogP contribution in [0.4, 0.5) is 9.59 Å². The molecule has 0 radical (unpaired) electrons. The Bertz CT molecular complexity index is 408. The van der Waals surface area contributed by atoms with Crippen molar-refractivity contribution in [3.05, 3.63) is 0 Å². The van der Waals surface area contributed by atoms with Gasteiger partial charge in [-0.25, -0.2) is 14.4 Å². The number of nitrogens with one attached hydrogen (secondary N) is 2. The number of unbranched alkanes of at least 4 members (excludes halogenated alkanes) is 1. The molecule has 0 fully saturated rings. The van der Waals surface area contributed by atoms with Crippen molar-refractivity contribution < 1.29 is 28.6 Å². The third-order valence-electron chi connectivity index (χ3n) is 3.22. The molecule has 0 aliphatic rings. The van der Waals surface area contributed by atoms with Crippen LogP contribution in [0.2, 0.25) is 0 Å². The molecule has 0 aliphatic carbocycles. The van der Waals surface area contributed by atoms with Gasteiger partial charge in [-0.3, -0.25) is 0 Å². The van der Waals surface area contributed by atoms with Crippen LogP contribution in [0.1, 0.15) is 39.0 Å². The van der Waals surface area contributed by atoms with Gasteiger partial charge in [0.1, 0.15) is 6.04 Å². The van der Waals surface area contributed by atoms with E-state index in [9.17, 15) is 14.4 Å². The summed E-state index contributed by atoms with van der Waals surface area (Å²) < 4.78 is 14.8. The lowest BCUT2D eigenvalue weighted by Gasteiger charge is -2.17. The molecule has 0 saturated carbocycles. The summed E-state index contributed by atoms with van der Waals surface area (Å²) in [5, 5.41) is 5.10. The van der Waals surface area contributed by atoms with Crippen LogP contribution in [0, 0.1) is 0 Å². The second kappa shape index (κ2) is 16.4. The number of esters is 1. The second-order valence-electron chi connectivity index (χ2n) is 5.43. The molecule has 6 N–H and O–H groups in total. The van der Waals surface area contributed by atoms with Crippen molar-refractivity contribution in [1.29, 1.82) is 0 Å². The summed E-state index contributed by atoms with van der Waals surface area (Å²) >= 11 is 0. The highest BCUT2D eigenvalue weighted by Gasteiger charge is 2.22. The minimum absolute atomic E-state index is 0.189. The molecule has 0 aromatic heterocycles. The maximum atomic E-state index is 11.9. The van der Waals surface area contributed by atoms with Gasteiger partial charge in [0, 0.05) is 6.54 Å². The van der Waals surface area contributed by atoms with E-state index >= 15 is 0 Å². The summed E-state index contributed by atoms with van der Waals surface area (Å²) in [5.74, 6) is -0.516. The lowest BCUT2D eigenvalue weighted by molar-refractivity contribution is -0.145. The van der Waals surface area contributed by atoms with Gasteiger partial charge in [0.15, 0.2) is 0 Å². The van der Waals surface area contributed by atoms with Crippen molar-refractivity contribution in [3.63, 3.8) is 0 Å². The van der Waals surface area contributed by atoms with Gasteiger partial charge in [0.05, 0.1) is 19.8 Å². The summed E-state index contributed by atoms with van der Waals surface area (Å²) in [4.78, 5) is 34.9. The van der Waals surface area contributed by atoms with Gasteiger partial charge in [-0.15, -0.1) is 0 Å². The summed E-state index contributed by atoms with van der Waals surface area (Å²) in [6.07, 6.45) is 1.56. The van der Waals surface area contributed by atoms with Crippen molar-refractivity contribution in [2.24, 2.45) is 11.5 Å². The standard InChI is InChI=1S/C16H32N4O6/c1-2-24-14(21)13(20-16(23)26-12-6-9-18)7-3-4-10-19-15(22)25-11-5-8-17/h13H,2-12,17-18H2,1H3,(H,19,22)(H,20,23). The first-order chi connectivity index (χ1) is 12.5. The monoisotopic (exact) mass is 376 g/mol. The normalized spacial score (nSPS) is 11.3. The Morgan fingerprint density at radius 2 is 1.50 bits per heavy atom. The highest BCUT2D eigenvalue weighted by atomic mass is 16.6. The number of alkyl carbamates (subject to hydrolysis) is 2. The van der Waals surface area contributed by atoms with Crippen LogP contribution >= 0.6 is 0 Å². The van der Waals surface area contributed by atoms with Gasteiger partial charge in [0.2, 0.25) is 0 Å². The second-order valence-corrected chi connectivity index (χ2v) is 5.43. The number of carbonyl (C=O) groups is 3. The van der Waals surface area contributed by atoms with Crippen LogP contribution in [-0.2, 0) is 19.0 Å². The average Bonchev–Trinajstić information content (AvgIpc) is 2.61. The molecule has 0 aliphatic heterocycles. The van der Waals surface area contributed by atoms with Gasteiger partial charge in [0.25, 0.3) is 0 Å². The van der Waals surface area contributed by atoms with Crippen LogP contribution in [0.25, 0.3) is 0 Å². The van der Waals surface area contributed by atoms with Crippen molar-refractivity contribution in [3.8, 4) is 0 Å². The zero-order valence-corrected chi connectivity index (χ0v) is 15.5. The maximum Gasteiger partial charge on any atom is 0.407 e. The SMILES string of the molecule is CCOC(=O)C(CCCCNC(=O)OCCCN)NC(=O)OCCCN. The molecular formula is C16H32N4O6. The highest BCUT2D eigenvalue weighted by molar-refractivity contribution is 5.81. The van der Waals surface area contributed by atoms with Gasteiger partial charge in [-0.05, 0) is 52.1 Å². The number of ether oxygens (including phenoxy) is 3. The first kappa shape index (κ1) is 23.9. The zero-order valence-electron chi connectivity index (χ0n) is 15.5. The first-order valence-electron chi connectivity index (χ1n) is 8.95. The Morgan fingerprint density at radius 3 is 2.08 bits per heavy atom. The highest BCUT2D eigenvalue weighted by Crippen LogP contribution is 2.04. The topological polar surface area (TPSA) is 155 Å². The van der Waals surface area contributed by atoms with Crippen LogP contribution in [0.5, 0.6) is 0 Å². The molecule has 0 bridgehead atoms. The molecular weight excluding hydrogens is 344 g/mol. The van der Waals surface area contributed by atoms with Crippen molar-refractivity contribution in [1.82, 2.24) is 10.6 Å². The number of rotatable bonds is 14. The number of hydrogen-bond donors (Lipinski definition) is 4. The van der Waals surface area contributed by atoms with Crippen LogP contribution in [0.3, 0.4) is 0 Å². The van der Waals surface area contributed by atoms with E-state index < -0.39 is 24.2 Å². The maximum absolute atomic E-state index is 11.9. The third-order valence-corrected chi connectivity index (χ3v) is 3.22. The predicted molar refractivity (Wildman–Crippen MR) is 95.4 cm³/mol. The summed E-state index contributed by atoms with van der Waals surface area (Å²) in [6.45, 7) is 3.65. The van der Waals surface area contributed by atoms with Crippen LogP contribution < -0.4 is 22.1 Å². The van der Waals surface area contributed by atoms with E-state index in [0.29, 0.717) is 51.7 Å². The first-order valence-corrected chi connectivity index (χ1v) is 8.95. The lowest BCUT2D eigenvalue weighted by Crippen LogP contribution is -2.42. The molecule has 10 heteroatoms. The molecule has 0 rings (SSSR count). The predicted octanol–water partition coefficient (Wildman–Crippen LogP) is 0.238. The largest absolute Gasteiger partial charge is 0.464 e. The van der Waals surface area contributed by atoms with Gasteiger partial charge < -0.3 is 36.3 Å². The van der Waals surface area contributed by atoms with E-state index in [-0.39, 0.29) is 19.8 Å². The molecule has 0 saturated heterocycles. The van der Waals surface area contributed by atoms with Crippen molar-refractivity contribution in [2.45, 2.75) is 45.1 Å². The molecule has 2 amide bonds. The zero-order chi connectivity index (χ0) is 19.6. The fourth-order valence-corrected chi connectivity index (χ4v) is 1.89. The molecule has 152 valence electrons. The molecule has 0 aromatic rings. The quantitative estimate of drug-likeness (QED) is 0.191. The average molecular weight is 376 g/mol. The Hall–Kier alpha value is -2.07. The van der Waals surface area contributed by atoms with Gasteiger partial charge >= 0.3 is 18.2 Å². The van der Waals surface area contributed by atoms with Gasteiger partial charge in [-0.2, -0.15) is 0 Å². The number of amides is 2. The molecule has 0 spiro atoms. The molecule has 1 atom stereocenters. The van der Waals surface area contributed by atoms with E-state index in [1.807, 2.05) is 0 Å². The van der Waals surface area contributed by atoms with E-state index in [4.69, 9.17) is 25.7 Å². The van der Waals surface area contributed by atoms with Crippen LogP contribution in [0.15, 0.2) is 0 Å². The summed E-state index contributed by atoms with van der Waals surface area (Å²) in [7, 11) is 0. The minimum atomic E-state index is -0.795. The van der Waals surface area contributed by atoms with Gasteiger partial charge in [-0.1, -0.05) is 0 Å². The minimum Gasteiger partial charge on any atom is -0.464 e. The smallest absolute Gasteiger partial charge is 0.407 e. The molecule has 10 nitrogen and oxygen atoms in total. The summed E-state index contributed by atoms with van der Waals surface area (Å²) in [6, 6.07) is -0.795. The van der Waals surface area contributed by atoms with E-state index in [0.717, 1.165) is 0 Å². The van der Waals surface area contributed by atoms with E-state index in [1.54, 1.807) is 6.92 Å². The Kier molecular flexibility index (Phi) is 15.1.